The van der Waals surface area contributed by atoms with E-state index in [1.165, 1.54) is 43.7 Å². The Morgan fingerprint density at radius 1 is 0.857 bits per heavy atom. The zero-order valence-corrected chi connectivity index (χ0v) is 22.4. The largest absolute Gasteiger partial charge is 0.263 e. The molecule has 2 heteroatoms. The van der Waals surface area contributed by atoms with E-state index in [1.807, 2.05) is 0 Å². The Morgan fingerprint density at radius 2 is 1.50 bits per heavy atom. The zero-order chi connectivity index (χ0) is 19.6. The molecule has 0 aliphatic heterocycles. The van der Waals surface area contributed by atoms with Crippen LogP contribution in [-0.2, 0) is 25.8 Å². The summed E-state index contributed by atoms with van der Waals surface area (Å²) < 4.78 is 0. The van der Waals surface area contributed by atoms with Crippen molar-refractivity contribution in [3.8, 4) is 0 Å². The van der Waals surface area contributed by atoms with Gasteiger partial charge in [0.1, 0.15) is 0 Å². The summed E-state index contributed by atoms with van der Waals surface area (Å²) in [4.78, 5) is 0. The van der Waals surface area contributed by atoms with Crippen molar-refractivity contribution in [1.82, 2.24) is 0 Å². The molecule has 0 radical (unpaired) electrons. The summed E-state index contributed by atoms with van der Waals surface area (Å²) in [6.07, 6.45) is 3.44. The van der Waals surface area contributed by atoms with Gasteiger partial charge >= 0.3 is 0 Å². The first-order chi connectivity index (χ1) is 12.8. The maximum absolute atomic E-state index is 3.44. The monoisotopic (exact) mass is 552 g/mol. The Morgan fingerprint density at radius 3 is 2.07 bits per heavy atom. The normalized spacial score (nSPS) is 15.4. The van der Waals surface area contributed by atoms with Gasteiger partial charge in [0, 0.05) is 25.8 Å². The summed E-state index contributed by atoms with van der Waals surface area (Å²) in [5, 5.41) is 5.65. The molecule has 0 N–H and O–H groups in total. The van der Waals surface area contributed by atoms with Crippen LogP contribution in [0.5, 0.6) is 0 Å². The van der Waals surface area contributed by atoms with Crippen LogP contribution in [0, 0.1) is 18.4 Å². The topological polar surface area (TPSA) is 0 Å². The molecule has 28 heavy (non-hydrogen) atoms. The van der Waals surface area contributed by atoms with E-state index < -0.39 is 0 Å². The average Bonchev–Trinajstić information content (AvgIpc) is 3.12. The van der Waals surface area contributed by atoms with Crippen LogP contribution in [0.15, 0.2) is 77.4 Å². The molecule has 3 aromatic rings. The number of hydrogen-bond donors (Lipinski definition) is 0. The van der Waals surface area contributed by atoms with Gasteiger partial charge in [-0.25, -0.2) is 5.57 Å². The quantitative estimate of drug-likeness (QED) is 0.191. The van der Waals surface area contributed by atoms with Crippen molar-refractivity contribution >= 4 is 30.0 Å². The summed E-state index contributed by atoms with van der Waals surface area (Å²) in [7, 11) is 0.754. The van der Waals surface area contributed by atoms with Crippen LogP contribution in [0.2, 0.25) is 0 Å². The first-order valence-electron chi connectivity index (χ1n) is 9.57. The molecular weight excluding hydrogens is 522 g/mol. The van der Waals surface area contributed by atoms with Crippen molar-refractivity contribution < 1.29 is 25.8 Å². The minimum absolute atomic E-state index is 0. The van der Waals surface area contributed by atoms with E-state index in [4.69, 9.17) is 0 Å². The number of rotatable bonds is 2. The molecule has 0 aromatic heterocycles. The van der Waals surface area contributed by atoms with Crippen molar-refractivity contribution in [2.75, 3.05) is 0 Å². The Balaban J connectivity index is 0.000000221. The van der Waals surface area contributed by atoms with E-state index in [-0.39, 0.29) is 31.3 Å². The molecule has 4 rings (SSSR count). The fraction of sp³-hybridized carbons (Fsp3) is 0.269. The Kier molecular flexibility index (Phi) is 7.89. The second-order valence-electron chi connectivity index (χ2n) is 7.90. The van der Waals surface area contributed by atoms with Gasteiger partial charge < -0.3 is 0 Å². The third-order valence-electron chi connectivity index (χ3n) is 5.66. The number of allylic oxidation sites excluding steroid dienone is 4. The van der Waals surface area contributed by atoms with Gasteiger partial charge in [0.15, 0.2) is 0 Å². The van der Waals surface area contributed by atoms with E-state index in [0.29, 0.717) is 0 Å². The third-order valence-corrected chi connectivity index (χ3v) is 7.19. The third kappa shape index (κ3) is 5.05. The molecule has 0 amide bonds. The van der Waals surface area contributed by atoms with Crippen molar-refractivity contribution in [3.05, 3.63) is 89.0 Å². The van der Waals surface area contributed by atoms with Gasteiger partial charge in [0.25, 0.3) is 0 Å². The summed E-state index contributed by atoms with van der Waals surface area (Å²) in [5.74, 6) is 0. The van der Waals surface area contributed by atoms with Crippen LogP contribution in [0.1, 0.15) is 40.2 Å². The Hall–Kier alpha value is -1.17. The van der Waals surface area contributed by atoms with Gasteiger partial charge in [-0.2, -0.15) is 17.2 Å². The van der Waals surface area contributed by atoms with E-state index in [9.17, 15) is 0 Å². The maximum Gasteiger partial charge on any atom is 0 e. The first-order valence-corrected chi connectivity index (χ1v) is 10.6. The van der Waals surface area contributed by atoms with Crippen LogP contribution in [0.4, 0.5) is 0 Å². The van der Waals surface area contributed by atoms with Gasteiger partial charge in [-0.1, -0.05) is 63.4 Å². The SMILES string of the molecule is CC1=[C-]C(C)(C)C(C)=C1C.Cc1ccccc1P[c-]1ccc2ccccc21.[Hf]. The summed E-state index contributed by atoms with van der Waals surface area (Å²) in [6, 6.07) is 21.7. The minimum Gasteiger partial charge on any atom is -0.263 e. The molecule has 144 valence electrons. The number of benzene rings is 2. The fourth-order valence-electron chi connectivity index (χ4n) is 3.52. The summed E-state index contributed by atoms with van der Waals surface area (Å²) in [6.45, 7) is 13.1. The molecule has 0 fully saturated rings. The summed E-state index contributed by atoms with van der Waals surface area (Å²) in [5.41, 5.74) is 5.78. The molecule has 1 atom stereocenters. The molecule has 0 saturated heterocycles. The fourth-order valence-corrected chi connectivity index (χ4v) is 4.80. The Labute approximate surface area is 191 Å². The van der Waals surface area contributed by atoms with Gasteiger partial charge in [-0.05, 0) is 17.8 Å². The van der Waals surface area contributed by atoms with Crippen LogP contribution < -0.4 is 10.6 Å². The minimum atomic E-state index is 0. The predicted molar refractivity (Wildman–Crippen MR) is 123 cm³/mol. The second kappa shape index (κ2) is 9.55. The molecule has 1 aliphatic rings. The molecule has 0 nitrogen and oxygen atoms in total. The van der Waals surface area contributed by atoms with Crippen molar-refractivity contribution in [2.24, 2.45) is 5.41 Å². The number of aryl methyl sites for hydroxylation is 1. The van der Waals surface area contributed by atoms with Gasteiger partial charge in [-0.3, -0.25) is 6.08 Å². The van der Waals surface area contributed by atoms with Crippen LogP contribution in [0.25, 0.3) is 10.8 Å². The van der Waals surface area contributed by atoms with E-state index in [1.54, 1.807) is 0 Å². The zero-order valence-electron chi connectivity index (χ0n) is 17.8. The van der Waals surface area contributed by atoms with Crippen LogP contribution in [-0.4, -0.2) is 0 Å². The molecule has 3 aromatic carbocycles. The van der Waals surface area contributed by atoms with E-state index in [2.05, 4.69) is 108 Å². The number of fused-ring (bicyclic) bond motifs is 1. The van der Waals surface area contributed by atoms with Crippen molar-refractivity contribution in [2.45, 2.75) is 41.5 Å². The molecule has 0 heterocycles. The second-order valence-corrected chi connectivity index (χ2v) is 9.23. The standard InChI is InChI=1S/C16H14P.C10H15.Hf/c1-12-6-2-5-9-15(12)17-16-11-10-13-7-3-4-8-14(13)16;1-7-6-10(4,5)9(3)8(7)2;/h2-11,17H,1H3;1-5H3;/q2*-1;. The molecule has 0 spiro atoms. The molecular formula is C26H29HfP-2. The van der Waals surface area contributed by atoms with Crippen LogP contribution >= 0.6 is 8.58 Å². The van der Waals surface area contributed by atoms with Crippen molar-refractivity contribution in [1.29, 1.82) is 0 Å². The van der Waals surface area contributed by atoms with E-state index in [0.717, 1.165) is 8.58 Å². The first kappa shape index (κ1) is 23.1. The van der Waals surface area contributed by atoms with Gasteiger partial charge in [0.05, 0.1) is 0 Å². The molecule has 1 unspecified atom stereocenters. The van der Waals surface area contributed by atoms with Gasteiger partial charge in [-0.15, -0.1) is 55.8 Å². The Bertz CT molecular complexity index is 1020. The van der Waals surface area contributed by atoms with E-state index >= 15 is 0 Å². The molecule has 1 aliphatic carbocycles. The van der Waals surface area contributed by atoms with Gasteiger partial charge in [0.2, 0.25) is 0 Å². The van der Waals surface area contributed by atoms with Crippen molar-refractivity contribution in [3.63, 3.8) is 0 Å². The number of hydrogen-bond acceptors (Lipinski definition) is 0. The van der Waals surface area contributed by atoms with Crippen LogP contribution in [0.3, 0.4) is 0 Å². The molecule has 0 bridgehead atoms. The summed E-state index contributed by atoms with van der Waals surface area (Å²) >= 11 is 0. The maximum atomic E-state index is 3.44. The molecule has 0 saturated carbocycles. The predicted octanol–water partition coefficient (Wildman–Crippen LogP) is 6.61. The smallest absolute Gasteiger partial charge is 0 e. The average molecular weight is 551 g/mol.